The molecule has 188 valence electrons. The summed E-state index contributed by atoms with van der Waals surface area (Å²) in [6, 6.07) is 22.5. The molecule has 1 heterocycles. The highest BCUT2D eigenvalue weighted by atomic mass is 32.1. The SMILES string of the molecule is CC#C[C@@H](CC(=O)O)c1ccc(OCc2ccc(CN3CCc4cc(OC)ccc4C3)cc2)cc1.S. The van der Waals surface area contributed by atoms with Crippen molar-refractivity contribution in [3.63, 3.8) is 0 Å². The summed E-state index contributed by atoms with van der Waals surface area (Å²) in [5, 5.41) is 9.11. The molecule has 3 aromatic rings. The fourth-order valence-electron chi connectivity index (χ4n) is 4.41. The van der Waals surface area contributed by atoms with Gasteiger partial charge in [0.1, 0.15) is 18.1 Å². The normalized spacial score (nSPS) is 13.4. The smallest absolute Gasteiger partial charge is 0.304 e. The van der Waals surface area contributed by atoms with E-state index in [2.05, 4.69) is 53.1 Å². The summed E-state index contributed by atoms with van der Waals surface area (Å²) >= 11 is 0. The molecule has 5 nitrogen and oxygen atoms in total. The van der Waals surface area contributed by atoms with E-state index < -0.39 is 5.97 Å². The molecule has 0 saturated carbocycles. The Morgan fingerprint density at radius 1 is 1.00 bits per heavy atom. The molecule has 0 aromatic heterocycles. The molecule has 0 bridgehead atoms. The first kappa shape index (κ1) is 27.2. The van der Waals surface area contributed by atoms with Crippen LogP contribution in [-0.2, 0) is 30.9 Å². The number of rotatable bonds is 9. The zero-order chi connectivity index (χ0) is 24.6. The Hall–Kier alpha value is -3.40. The molecule has 6 heteroatoms. The van der Waals surface area contributed by atoms with E-state index in [4.69, 9.17) is 14.6 Å². The zero-order valence-electron chi connectivity index (χ0n) is 20.8. The van der Waals surface area contributed by atoms with Gasteiger partial charge in [-0.05, 0) is 65.4 Å². The predicted octanol–water partition coefficient (Wildman–Crippen LogP) is 5.53. The average Bonchev–Trinajstić information content (AvgIpc) is 2.88. The lowest BCUT2D eigenvalue weighted by molar-refractivity contribution is -0.137. The maximum atomic E-state index is 11.1. The van der Waals surface area contributed by atoms with Crippen LogP contribution in [0.3, 0.4) is 0 Å². The monoisotopic (exact) mass is 503 g/mol. The first-order valence-corrected chi connectivity index (χ1v) is 11.9. The van der Waals surface area contributed by atoms with Crippen molar-refractivity contribution in [1.29, 1.82) is 0 Å². The lowest BCUT2D eigenvalue weighted by Crippen LogP contribution is -2.30. The number of hydrogen-bond acceptors (Lipinski definition) is 4. The molecule has 1 aliphatic heterocycles. The zero-order valence-corrected chi connectivity index (χ0v) is 21.8. The number of aliphatic carboxylic acids is 1. The van der Waals surface area contributed by atoms with E-state index in [0.29, 0.717) is 6.61 Å². The molecular weight excluding hydrogens is 470 g/mol. The second-order valence-electron chi connectivity index (χ2n) is 8.81. The highest BCUT2D eigenvalue weighted by Crippen LogP contribution is 2.25. The molecule has 0 saturated heterocycles. The Morgan fingerprint density at radius 2 is 1.69 bits per heavy atom. The van der Waals surface area contributed by atoms with Gasteiger partial charge in [0.05, 0.1) is 19.4 Å². The van der Waals surface area contributed by atoms with Crippen molar-refractivity contribution in [3.05, 3.63) is 94.5 Å². The lowest BCUT2D eigenvalue weighted by Gasteiger charge is -2.29. The van der Waals surface area contributed by atoms with Crippen LogP contribution in [-0.4, -0.2) is 29.6 Å². The predicted molar refractivity (Wildman–Crippen MR) is 147 cm³/mol. The van der Waals surface area contributed by atoms with E-state index in [0.717, 1.165) is 48.7 Å². The van der Waals surface area contributed by atoms with Gasteiger partial charge in [-0.25, -0.2) is 0 Å². The van der Waals surface area contributed by atoms with Crippen molar-refractivity contribution in [2.45, 2.75) is 45.4 Å². The average molecular weight is 504 g/mol. The number of methoxy groups -OCH3 is 1. The van der Waals surface area contributed by atoms with Crippen molar-refractivity contribution in [1.82, 2.24) is 4.90 Å². The van der Waals surface area contributed by atoms with Crippen molar-refractivity contribution in [2.75, 3.05) is 13.7 Å². The van der Waals surface area contributed by atoms with Crippen LogP contribution in [0.2, 0.25) is 0 Å². The Balaban J connectivity index is 0.00000361. The number of carbonyl (C=O) groups is 1. The Morgan fingerprint density at radius 3 is 2.36 bits per heavy atom. The molecular formula is C30H33NO4S. The van der Waals surface area contributed by atoms with E-state index in [-0.39, 0.29) is 25.8 Å². The summed E-state index contributed by atoms with van der Waals surface area (Å²) in [5.41, 5.74) is 6.05. The second kappa shape index (κ2) is 13.1. The van der Waals surface area contributed by atoms with Crippen LogP contribution >= 0.6 is 13.5 Å². The van der Waals surface area contributed by atoms with Crippen molar-refractivity contribution in [3.8, 4) is 23.3 Å². The molecule has 3 aromatic carbocycles. The third-order valence-electron chi connectivity index (χ3n) is 6.32. The maximum absolute atomic E-state index is 11.1. The van der Waals surface area contributed by atoms with Gasteiger partial charge in [0.2, 0.25) is 0 Å². The standard InChI is InChI=1S/C30H31NO4.H2S/c1-3-4-25(18-30(32)33)24-9-12-28(13-10-24)35-21-23-7-5-22(6-8-23)19-31-16-15-26-17-29(34-2)14-11-27(26)20-31;/h5-14,17,25H,15-16,18-21H2,1-2H3,(H,32,33);1H2/t25-;/m0./s1. The largest absolute Gasteiger partial charge is 0.497 e. The molecule has 4 rings (SSSR count). The number of benzene rings is 3. The molecule has 0 aliphatic carbocycles. The van der Waals surface area contributed by atoms with E-state index in [1.165, 1.54) is 16.7 Å². The van der Waals surface area contributed by atoms with Gasteiger partial charge in [-0.3, -0.25) is 9.69 Å². The quantitative estimate of drug-likeness (QED) is 0.389. The van der Waals surface area contributed by atoms with Gasteiger partial charge in [0, 0.05) is 19.6 Å². The molecule has 1 atom stereocenters. The number of fused-ring (bicyclic) bond motifs is 1. The highest BCUT2D eigenvalue weighted by Gasteiger charge is 2.17. The first-order chi connectivity index (χ1) is 17.0. The summed E-state index contributed by atoms with van der Waals surface area (Å²) < 4.78 is 11.3. The van der Waals surface area contributed by atoms with Gasteiger partial charge in [-0.2, -0.15) is 13.5 Å². The first-order valence-electron chi connectivity index (χ1n) is 11.9. The fraction of sp³-hybridized carbons (Fsp3) is 0.300. The van der Waals surface area contributed by atoms with Gasteiger partial charge in [-0.15, -0.1) is 5.92 Å². The Labute approximate surface area is 220 Å². The van der Waals surface area contributed by atoms with Crippen LogP contribution in [0.1, 0.15) is 47.1 Å². The summed E-state index contributed by atoms with van der Waals surface area (Å²) in [4.78, 5) is 13.6. The highest BCUT2D eigenvalue weighted by molar-refractivity contribution is 7.59. The number of hydrogen-bond donors (Lipinski definition) is 1. The second-order valence-corrected chi connectivity index (χ2v) is 8.81. The third-order valence-corrected chi connectivity index (χ3v) is 6.32. The Kier molecular flexibility index (Phi) is 9.86. The van der Waals surface area contributed by atoms with Gasteiger partial charge < -0.3 is 14.6 Å². The van der Waals surface area contributed by atoms with Gasteiger partial charge in [0.15, 0.2) is 0 Å². The third kappa shape index (κ3) is 7.30. The molecule has 0 amide bonds. The van der Waals surface area contributed by atoms with Gasteiger partial charge in [0.25, 0.3) is 0 Å². The summed E-state index contributed by atoms with van der Waals surface area (Å²) in [5.74, 6) is 6.31. The van der Waals surface area contributed by atoms with Crippen LogP contribution in [0.4, 0.5) is 0 Å². The van der Waals surface area contributed by atoms with Crippen molar-refractivity contribution < 1.29 is 19.4 Å². The van der Waals surface area contributed by atoms with E-state index in [1.54, 1.807) is 14.0 Å². The number of carboxylic acid groups (broad SMARTS) is 1. The van der Waals surface area contributed by atoms with Crippen LogP contribution in [0.15, 0.2) is 66.7 Å². The molecule has 1 aliphatic rings. The minimum Gasteiger partial charge on any atom is -0.497 e. The number of ether oxygens (including phenoxy) is 2. The van der Waals surface area contributed by atoms with Gasteiger partial charge >= 0.3 is 5.97 Å². The maximum Gasteiger partial charge on any atom is 0.304 e. The molecule has 0 fully saturated rings. The van der Waals surface area contributed by atoms with E-state index in [9.17, 15) is 4.79 Å². The van der Waals surface area contributed by atoms with Crippen LogP contribution in [0.5, 0.6) is 11.5 Å². The molecule has 0 radical (unpaired) electrons. The summed E-state index contributed by atoms with van der Waals surface area (Å²) in [7, 11) is 1.71. The minimum absolute atomic E-state index is 0. The van der Waals surface area contributed by atoms with Crippen molar-refractivity contribution >= 4 is 19.5 Å². The minimum atomic E-state index is -0.854. The van der Waals surface area contributed by atoms with E-state index >= 15 is 0 Å². The number of carboxylic acids is 1. The van der Waals surface area contributed by atoms with Crippen LogP contribution in [0, 0.1) is 11.8 Å². The topological polar surface area (TPSA) is 59.0 Å². The fourth-order valence-corrected chi connectivity index (χ4v) is 4.41. The van der Waals surface area contributed by atoms with Crippen molar-refractivity contribution in [2.24, 2.45) is 0 Å². The molecule has 36 heavy (non-hydrogen) atoms. The summed E-state index contributed by atoms with van der Waals surface area (Å²) in [6.45, 7) is 5.12. The Bertz CT molecular complexity index is 1210. The van der Waals surface area contributed by atoms with Gasteiger partial charge in [-0.1, -0.05) is 48.4 Å². The van der Waals surface area contributed by atoms with Crippen LogP contribution < -0.4 is 9.47 Å². The molecule has 0 spiro atoms. The summed E-state index contributed by atoms with van der Waals surface area (Å²) in [6.07, 6.45) is 1.03. The van der Waals surface area contributed by atoms with Crippen LogP contribution in [0.25, 0.3) is 0 Å². The molecule has 1 N–H and O–H groups in total. The van der Waals surface area contributed by atoms with E-state index in [1.807, 2.05) is 30.3 Å². The number of nitrogens with zero attached hydrogens (tertiary/aromatic N) is 1. The lowest BCUT2D eigenvalue weighted by atomic mass is 9.96. The molecule has 0 unspecified atom stereocenters.